The zero-order chi connectivity index (χ0) is 11.6. The van der Waals surface area contributed by atoms with E-state index in [0.29, 0.717) is 19.8 Å². The van der Waals surface area contributed by atoms with Gasteiger partial charge in [0.15, 0.2) is 0 Å². The second-order valence-corrected chi connectivity index (χ2v) is 3.84. The molecule has 0 bridgehead atoms. The molecule has 0 unspecified atom stereocenters. The van der Waals surface area contributed by atoms with Crippen molar-refractivity contribution < 1.29 is 9.47 Å². The fourth-order valence-electron chi connectivity index (χ4n) is 1.22. The summed E-state index contributed by atoms with van der Waals surface area (Å²) >= 11 is 5.79. The first-order valence-corrected chi connectivity index (χ1v) is 5.72. The minimum atomic E-state index is 0.650. The summed E-state index contributed by atoms with van der Waals surface area (Å²) in [4.78, 5) is 0. The van der Waals surface area contributed by atoms with Crippen LogP contribution in [-0.4, -0.2) is 33.5 Å². The summed E-state index contributed by atoms with van der Waals surface area (Å²) in [6, 6.07) is 7.82. The van der Waals surface area contributed by atoms with Crippen molar-refractivity contribution in [2.45, 2.75) is 6.54 Å². The van der Waals surface area contributed by atoms with Crippen LogP contribution in [0, 0.1) is 0 Å². The lowest BCUT2D eigenvalue weighted by Gasteiger charge is -2.06. The van der Waals surface area contributed by atoms with E-state index >= 15 is 0 Å². The molecular formula is C12H18ClNO2. The maximum Gasteiger partial charge on any atom is 0.0700 e. The highest BCUT2D eigenvalue weighted by Crippen LogP contribution is 2.08. The van der Waals surface area contributed by atoms with Gasteiger partial charge in [0.2, 0.25) is 0 Å². The Morgan fingerprint density at radius 3 is 2.56 bits per heavy atom. The zero-order valence-corrected chi connectivity index (χ0v) is 10.3. The number of halogens is 1. The van der Waals surface area contributed by atoms with Gasteiger partial charge in [-0.15, -0.1) is 0 Å². The first-order chi connectivity index (χ1) is 7.83. The number of ether oxygens (including phenoxy) is 2. The van der Waals surface area contributed by atoms with Crippen molar-refractivity contribution in [1.82, 2.24) is 5.32 Å². The van der Waals surface area contributed by atoms with Gasteiger partial charge in [0.1, 0.15) is 0 Å². The molecule has 3 nitrogen and oxygen atoms in total. The summed E-state index contributed by atoms with van der Waals surface area (Å²) in [7, 11) is 1.67. The van der Waals surface area contributed by atoms with Crippen molar-refractivity contribution in [2.75, 3.05) is 33.5 Å². The summed E-state index contributed by atoms with van der Waals surface area (Å²) in [5.41, 5.74) is 1.22. The predicted molar refractivity (Wildman–Crippen MR) is 65.9 cm³/mol. The monoisotopic (exact) mass is 243 g/mol. The fraction of sp³-hybridized carbons (Fsp3) is 0.500. The van der Waals surface area contributed by atoms with Crippen LogP contribution in [0.15, 0.2) is 24.3 Å². The molecule has 4 heteroatoms. The maximum absolute atomic E-state index is 5.79. The number of hydrogen-bond acceptors (Lipinski definition) is 3. The Kier molecular flexibility index (Phi) is 7.17. The molecule has 0 aliphatic carbocycles. The lowest BCUT2D eigenvalue weighted by Crippen LogP contribution is -2.20. The van der Waals surface area contributed by atoms with Gasteiger partial charge in [-0.05, 0) is 17.7 Å². The van der Waals surface area contributed by atoms with E-state index in [4.69, 9.17) is 21.1 Å². The van der Waals surface area contributed by atoms with Crippen LogP contribution in [-0.2, 0) is 16.0 Å². The summed E-state index contributed by atoms with van der Waals surface area (Å²) in [5.74, 6) is 0. The summed E-state index contributed by atoms with van der Waals surface area (Å²) in [6.07, 6.45) is 0. The minimum Gasteiger partial charge on any atom is -0.382 e. The molecule has 16 heavy (non-hydrogen) atoms. The SMILES string of the molecule is COCCOCCNCc1ccc(Cl)cc1. The van der Waals surface area contributed by atoms with E-state index in [1.54, 1.807) is 7.11 Å². The van der Waals surface area contributed by atoms with Crippen LogP contribution in [0.1, 0.15) is 5.56 Å². The molecular weight excluding hydrogens is 226 g/mol. The van der Waals surface area contributed by atoms with Crippen LogP contribution < -0.4 is 5.32 Å². The maximum atomic E-state index is 5.79. The smallest absolute Gasteiger partial charge is 0.0700 e. The molecule has 0 atom stereocenters. The van der Waals surface area contributed by atoms with Crippen LogP contribution in [0.5, 0.6) is 0 Å². The number of nitrogens with one attached hydrogen (secondary N) is 1. The number of hydrogen-bond donors (Lipinski definition) is 1. The van der Waals surface area contributed by atoms with Crippen LogP contribution in [0.25, 0.3) is 0 Å². The molecule has 0 aliphatic rings. The standard InChI is InChI=1S/C12H18ClNO2/c1-15-8-9-16-7-6-14-10-11-2-4-12(13)5-3-11/h2-5,14H,6-10H2,1H3. The van der Waals surface area contributed by atoms with Gasteiger partial charge in [0.25, 0.3) is 0 Å². The van der Waals surface area contributed by atoms with Gasteiger partial charge in [-0.25, -0.2) is 0 Å². The second-order valence-electron chi connectivity index (χ2n) is 3.41. The summed E-state index contributed by atoms with van der Waals surface area (Å²) < 4.78 is 10.2. The Hall–Kier alpha value is -0.610. The van der Waals surface area contributed by atoms with Crippen molar-refractivity contribution in [3.8, 4) is 0 Å². The van der Waals surface area contributed by atoms with E-state index in [1.165, 1.54) is 5.56 Å². The van der Waals surface area contributed by atoms with E-state index in [9.17, 15) is 0 Å². The molecule has 0 radical (unpaired) electrons. The zero-order valence-electron chi connectivity index (χ0n) is 9.54. The average molecular weight is 244 g/mol. The van der Waals surface area contributed by atoms with Crippen LogP contribution in [0.3, 0.4) is 0 Å². The van der Waals surface area contributed by atoms with Gasteiger partial charge in [-0.2, -0.15) is 0 Å². The number of benzene rings is 1. The minimum absolute atomic E-state index is 0.650. The molecule has 0 heterocycles. The van der Waals surface area contributed by atoms with E-state index in [-0.39, 0.29) is 0 Å². The van der Waals surface area contributed by atoms with Gasteiger partial charge >= 0.3 is 0 Å². The molecule has 0 spiro atoms. The fourth-order valence-corrected chi connectivity index (χ4v) is 1.35. The van der Waals surface area contributed by atoms with Crippen molar-refractivity contribution in [2.24, 2.45) is 0 Å². The predicted octanol–water partition coefficient (Wildman–Crippen LogP) is 2.09. The van der Waals surface area contributed by atoms with Crippen molar-refractivity contribution in [3.63, 3.8) is 0 Å². The second kappa shape index (κ2) is 8.53. The molecule has 1 aromatic carbocycles. The van der Waals surface area contributed by atoms with Crippen LogP contribution in [0.2, 0.25) is 5.02 Å². The van der Waals surface area contributed by atoms with Gasteiger partial charge in [-0.3, -0.25) is 0 Å². The third-order valence-corrected chi connectivity index (χ3v) is 2.35. The van der Waals surface area contributed by atoms with Gasteiger partial charge in [-0.1, -0.05) is 23.7 Å². The molecule has 90 valence electrons. The molecule has 0 fully saturated rings. The number of methoxy groups -OCH3 is 1. The molecule has 0 saturated carbocycles. The Labute approximate surface area is 102 Å². The van der Waals surface area contributed by atoms with Gasteiger partial charge in [0, 0.05) is 25.2 Å². The molecule has 0 aromatic heterocycles. The van der Waals surface area contributed by atoms with Crippen molar-refractivity contribution in [1.29, 1.82) is 0 Å². The third kappa shape index (κ3) is 6.08. The van der Waals surface area contributed by atoms with Gasteiger partial charge in [0.05, 0.1) is 19.8 Å². The van der Waals surface area contributed by atoms with E-state index < -0.39 is 0 Å². The molecule has 0 aliphatic heterocycles. The first kappa shape index (κ1) is 13.5. The highest BCUT2D eigenvalue weighted by atomic mass is 35.5. The average Bonchev–Trinajstić information content (AvgIpc) is 2.30. The molecule has 1 aromatic rings. The quantitative estimate of drug-likeness (QED) is 0.710. The van der Waals surface area contributed by atoms with Crippen LogP contribution in [0.4, 0.5) is 0 Å². The van der Waals surface area contributed by atoms with Crippen molar-refractivity contribution in [3.05, 3.63) is 34.9 Å². The number of rotatable bonds is 8. The van der Waals surface area contributed by atoms with E-state index in [2.05, 4.69) is 5.32 Å². The normalized spacial score (nSPS) is 10.6. The Balaban J connectivity index is 2.01. The first-order valence-electron chi connectivity index (χ1n) is 5.35. The van der Waals surface area contributed by atoms with Crippen molar-refractivity contribution >= 4 is 11.6 Å². The summed E-state index contributed by atoms with van der Waals surface area (Å²) in [6.45, 7) is 3.68. The van der Waals surface area contributed by atoms with Gasteiger partial charge < -0.3 is 14.8 Å². The highest BCUT2D eigenvalue weighted by molar-refractivity contribution is 6.30. The Bertz CT molecular complexity index is 277. The lowest BCUT2D eigenvalue weighted by molar-refractivity contribution is 0.0719. The molecule has 0 saturated heterocycles. The van der Waals surface area contributed by atoms with E-state index in [0.717, 1.165) is 18.1 Å². The molecule has 1 N–H and O–H groups in total. The third-order valence-electron chi connectivity index (χ3n) is 2.10. The van der Waals surface area contributed by atoms with E-state index in [1.807, 2.05) is 24.3 Å². The summed E-state index contributed by atoms with van der Waals surface area (Å²) in [5, 5.41) is 4.06. The lowest BCUT2D eigenvalue weighted by atomic mass is 10.2. The van der Waals surface area contributed by atoms with Crippen LogP contribution >= 0.6 is 11.6 Å². The topological polar surface area (TPSA) is 30.5 Å². The Morgan fingerprint density at radius 1 is 1.12 bits per heavy atom. The largest absolute Gasteiger partial charge is 0.382 e. The Morgan fingerprint density at radius 2 is 1.88 bits per heavy atom. The molecule has 0 amide bonds. The highest BCUT2D eigenvalue weighted by Gasteiger charge is 1.93. The molecule has 1 rings (SSSR count).